The molecule has 2 aromatic rings. The second kappa shape index (κ2) is 5.17. The van der Waals surface area contributed by atoms with Crippen LogP contribution in [0.1, 0.15) is 16.7 Å². The predicted molar refractivity (Wildman–Crippen MR) is 83.0 cm³/mol. The molecule has 0 aromatic heterocycles. The topological polar surface area (TPSA) is 61.9 Å². The summed E-state index contributed by atoms with van der Waals surface area (Å²) in [5.74, 6) is 0.113. The van der Waals surface area contributed by atoms with Crippen molar-refractivity contribution in [2.75, 3.05) is 4.90 Å². The molecule has 0 fully saturated rings. The quantitative estimate of drug-likeness (QED) is 0.385. The minimum atomic E-state index is 0.113. The Kier molecular flexibility index (Phi) is 3.36. The summed E-state index contributed by atoms with van der Waals surface area (Å²) in [5.41, 5.74) is 10.1. The summed E-state index contributed by atoms with van der Waals surface area (Å²) in [7, 11) is 0. The summed E-state index contributed by atoms with van der Waals surface area (Å²) in [6.07, 6.45) is 0. The van der Waals surface area contributed by atoms with Gasteiger partial charge in [0.1, 0.15) is 0 Å². The van der Waals surface area contributed by atoms with E-state index in [1.165, 1.54) is 11.1 Å². The van der Waals surface area contributed by atoms with E-state index in [0.717, 1.165) is 23.2 Å². The minimum Gasteiger partial charge on any atom is -0.409 e. The van der Waals surface area contributed by atoms with Crippen LogP contribution < -0.4 is 10.6 Å². The zero-order valence-corrected chi connectivity index (χ0v) is 12.3. The molecule has 0 atom stereocenters. The van der Waals surface area contributed by atoms with Crippen molar-refractivity contribution in [2.24, 2.45) is 10.9 Å². The molecule has 102 valence electrons. The lowest BCUT2D eigenvalue weighted by atomic mass is 10.1. The average molecular weight is 332 g/mol. The summed E-state index contributed by atoms with van der Waals surface area (Å²) in [6, 6.07) is 14.2. The molecule has 1 aliphatic rings. The van der Waals surface area contributed by atoms with E-state index in [1.54, 1.807) is 0 Å². The maximum absolute atomic E-state index is 8.72. The normalized spacial score (nSPS) is 14.4. The minimum absolute atomic E-state index is 0.113. The molecule has 5 heteroatoms. The number of amidine groups is 1. The Balaban J connectivity index is 1.90. The molecule has 0 unspecified atom stereocenters. The zero-order valence-electron chi connectivity index (χ0n) is 10.8. The number of benzene rings is 2. The van der Waals surface area contributed by atoms with Gasteiger partial charge in [0.05, 0.1) is 5.69 Å². The van der Waals surface area contributed by atoms with E-state index in [2.05, 4.69) is 50.3 Å². The van der Waals surface area contributed by atoms with Crippen molar-refractivity contribution in [1.82, 2.24) is 0 Å². The number of nitrogens with two attached hydrogens (primary N) is 1. The van der Waals surface area contributed by atoms with Crippen LogP contribution in [0, 0.1) is 0 Å². The van der Waals surface area contributed by atoms with Crippen LogP contribution in [0.15, 0.2) is 52.1 Å². The Morgan fingerprint density at radius 2 is 1.80 bits per heavy atom. The smallest absolute Gasteiger partial charge is 0.170 e. The van der Waals surface area contributed by atoms with Gasteiger partial charge in [0, 0.05) is 23.1 Å². The lowest BCUT2D eigenvalue weighted by Gasteiger charge is -2.20. The molecule has 0 amide bonds. The fraction of sp³-hybridized carbons (Fsp3) is 0.133. The molecule has 0 bridgehead atoms. The number of hydrogen-bond acceptors (Lipinski definition) is 3. The predicted octanol–water partition coefficient (Wildman–Crippen LogP) is 3.06. The van der Waals surface area contributed by atoms with Gasteiger partial charge in [-0.15, -0.1) is 0 Å². The molecular formula is C15H14BrN3O. The van der Waals surface area contributed by atoms with Gasteiger partial charge >= 0.3 is 0 Å². The summed E-state index contributed by atoms with van der Waals surface area (Å²) >= 11 is 3.57. The zero-order chi connectivity index (χ0) is 14.1. The van der Waals surface area contributed by atoms with Crippen LogP contribution in [0.25, 0.3) is 0 Å². The first-order valence-electron chi connectivity index (χ1n) is 6.28. The molecule has 20 heavy (non-hydrogen) atoms. The van der Waals surface area contributed by atoms with Crippen LogP contribution in [0.2, 0.25) is 0 Å². The number of oxime groups is 1. The van der Waals surface area contributed by atoms with E-state index in [-0.39, 0.29) is 5.84 Å². The summed E-state index contributed by atoms with van der Waals surface area (Å²) in [4.78, 5) is 2.30. The van der Waals surface area contributed by atoms with Crippen LogP contribution >= 0.6 is 15.9 Å². The van der Waals surface area contributed by atoms with Gasteiger partial charge in [0.15, 0.2) is 5.84 Å². The van der Waals surface area contributed by atoms with Gasteiger partial charge in [-0.1, -0.05) is 29.4 Å². The molecule has 0 radical (unpaired) electrons. The Morgan fingerprint density at radius 1 is 1.15 bits per heavy atom. The third kappa shape index (κ3) is 2.25. The highest BCUT2D eigenvalue weighted by Gasteiger charge is 2.20. The summed E-state index contributed by atoms with van der Waals surface area (Å²) in [6.45, 7) is 1.80. The van der Waals surface area contributed by atoms with Gasteiger partial charge in [-0.3, -0.25) is 0 Å². The van der Waals surface area contributed by atoms with E-state index in [4.69, 9.17) is 10.9 Å². The van der Waals surface area contributed by atoms with Crippen molar-refractivity contribution in [3.63, 3.8) is 0 Å². The van der Waals surface area contributed by atoms with Crippen LogP contribution in [-0.2, 0) is 13.1 Å². The number of hydrogen-bond donors (Lipinski definition) is 2. The maximum atomic E-state index is 8.72. The van der Waals surface area contributed by atoms with Gasteiger partial charge in [0.2, 0.25) is 0 Å². The second-order valence-corrected chi connectivity index (χ2v) is 5.63. The largest absolute Gasteiger partial charge is 0.409 e. The van der Waals surface area contributed by atoms with Crippen molar-refractivity contribution < 1.29 is 5.21 Å². The average Bonchev–Trinajstić information content (AvgIpc) is 2.89. The van der Waals surface area contributed by atoms with Gasteiger partial charge < -0.3 is 15.8 Å². The van der Waals surface area contributed by atoms with E-state index in [1.807, 2.05) is 18.2 Å². The molecule has 1 aliphatic heterocycles. The maximum Gasteiger partial charge on any atom is 0.170 e. The van der Waals surface area contributed by atoms with Crippen molar-refractivity contribution in [1.29, 1.82) is 0 Å². The standard InChI is InChI=1S/C15H14BrN3O/c16-13-7-10(15(17)18-20)5-6-14(13)19-8-11-3-1-2-4-12(11)9-19/h1-7,20H,8-9H2,(H2,17,18). The molecule has 4 nitrogen and oxygen atoms in total. The van der Waals surface area contributed by atoms with E-state index >= 15 is 0 Å². The van der Waals surface area contributed by atoms with Crippen LogP contribution in [0.5, 0.6) is 0 Å². The molecule has 3 N–H and O–H groups in total. The van der Waals surface area contributed by atoms with E-state index < -0.39 is 0 Å². The van der Waals surface area contributed by atoms with E-state index in [9.17, 15) is 0 Å². The number of fused-ring (bicyclic) bond motifs is 1. The van der Waals surface area contributed by atoms with Crippen LogP contribution in [0.4, 0.5) is 5.69 Å². The number of rotatable bonds is 2. The molecule has 2 aromatic carbocycles. The first-order chi connectivity index (χ1) is 9.69. The van der Waals surface area contributed by atoms with Gasteiger partial charge in [-0.25, -0.2) is 0 Å². The third-order valence-electron chi connectivity index (χ3n) is 3.53. The monoisotopic (exact) mass is 331 g/mol. The van der Waals surface area contributed by atoms with Crippen LogP contribution in [0.3, 0.4) is 0 Å². The molecule has 0 aliphatic carbocycles. The van der Waals surface area contributed by atoms with Crippen molar-refractivity contribution in [2.45, 2.75) is 13.1 Å². The van der Waals surface area contributed by atoms with Crippen LogP contribution in [-0.4, -0.2) is 11.0 Å². The second-order valence-electron chi connectivity index (χ2n) is 4.78. The number of nitrogens with zero attached hydrogens (tertiary/aromatic N) is 2. The molecule has 0 saturated carbocycles. The first-order valence-corrected chi connectivity index (χ1v) is 7.07. The third-order valence-corrected chi connectivity index (χ3v) is 4.17. The van der Waals surface area contributed by atoms with Gasteiger partial charge in [-0.05, 0) is 45.3 Å². The molecule has 1 heterocycles. The fourth-order valence-corrected chi connectivity index (χ4v) is 3.11. The Morgan fingerprint density at radius 3 is 2.35 bits per heavy atom. The van der Waals surface area contributed by atoms with Crippen molar-refractivity contribution >= 4 is 27.5 Å². The van der Waals surface area contributed by atoms with Gasteiger partial charge in [0.25, 0.3) is 0 Å². The summed E-state index contributed by atoms with van der Waals surface area (Å²) in [5, 5.41) is 11.7. The lowest BCUT2D eigenvalue weighted by Crippen LogP contribution is -2.17. The highest BCUT2D eigenvalue weighted by Crippen LogP contribution is 2.33. The van der Waals surface area contributed by atoms with Crippen molar-refractivity contribution in [3.05, 3.63) is 63.6 Å². The SMILES string of the molecule is N/C(=N/O)c1ccc(N2Cc3ccccc3C2)c(Br)c1. The highest BCUT2D eigenvalue weighted by atomic mass is 79.9. The molecule has 3 rings (SSSR count). The Hall–Kier alpha value is -2.01. The lowest BCUT2D eigenvalue weighted by molar-refractivity contribution is 0.318. The Bertz CT molecular complexity index is 660. The first kappa shape index (κ1) is 13.0. The van der Waals surface area contributed by atoms with Gasteiger partial charge in [-0.2, -0.15) is 0 Å². The van der Waals surface area contributed by atoms with Crippen molar-refractivity contribution in [3.8, 4) is 0 Å². The Labute approximate surface area is 125 Å². The summed E-state index contributed by atoms with van der Waals surface area (Å²) < 4.78 is 0.939. The highest BCUT2D eigenvalue weighted by molar-refractivity contribution is 9.10. The van der Waals surface area contributed by atoms with E-state index in [0.29, 0.717) is 5.56 Å². The fourth-order valence-electron chi connectivity index (χ4n) is 2.48. The number of anilines is 1. The molecule has 0 saturated heterocycles. The molecular weight excluding hydrogens is 318 g/mol. The number of halogens is 1. The molecule has 0 spiro atoms.